The van der Waals surface area contributed by atoms with Gasteiger partial charge in [0.1, 0.15) is 5.75 Å². The van der Waals surface area contributed by atoms with Gasteiger partial charge < -0.3 is 20.4 Å². The summed E-state index contributed by atoms with van der Waals surface area (Å²) in [7, 11) is 0. The first-order valence-electron chi connectivity index (χ1n) is 12.4. The average Bonchev–Trinajstić information content (AvgIpc) is 2.76. The first-order chi connectivity index (χ1) is 16.0. The zero-order valence-corrected chi connectivity index (χ0v) is 21.6. The van der Waals surface area contributed by atoms with Gasteiger partial charge in [-0.05, 0) is 109 Å². The van der Waals surface area contributed by atoms with E-state index >= 15 is 0 Å². The fourth-order valence-electron chi connectivity index (χ4n) is 3.93. The molecule has 0 heterocycles. The Morgan fingerprint density at radius 1 is 1.03 bits per heavy atom. The molecule has 4 N–H and O–H groups in total. The fraction of sp³-hybridized carbons (Fsp3) is 0.552. The maximum Gasteiger partial charge on any atom is 0.335 e. The average molecular weight is 473 g/mol. The van der Waals surface area contributed by atoms with Crippen LogP contribution < -0.4 is 0 Å². The lowest BCUT2D eigenvalue weighted by molar-refractivity contribution is -0.0707. The van der Waals surface area contributed by atoms with Crippen LogP contribution in [0.5, 0.6) is 5.75 Å². The second kappa shape index (κ2) is 14.8. The number of benzene rings is 1. The Morgan fingerprint density at radius 3 is 2.32 bits per heavy atom. The topological polar surface area (TPSA) is 98.0 Å². The number of phenolic OH excluding ortho intramolecular Hbond substituents is 1. The smallest absolute Gasteiger partial charge is 0.335 e. The second-order valence-corrected chi connectivity index (χ2v) is 9.72. The van der Waals surface area contributed by atoms with Gasteiger partial charge in [-0.3, -0.25) is 0 Å². The van der Waals surface area contributed by atoms with E-state index in [4.69, 9.17) is 5.11 Å². The largest absolute Gasteiger partial charge is 0.508 e. The molecular formula is C29H44O5. The van der Waals surface area contributed by atoms with Crippen molar-refractivity contribution < 1.29 is 25.2 Å². The number of hydrogen-bond donors (Lipinski definition) is 4. The van der Waals surface area contributed by atoms with E-state index < -0.39 is 17.7 Å². The number of rotatable bonds is 15. The van der Waals surface area contributed by atoms with Gasteiger partial charge >= 0.3 is 5.97 Å². The summed E-state index contributed by atoms with van der Waals surface area (Å²) in [6.45, 7) is 10.0. The van der Waals surface area contributed by atoms with E-state index in [9.17, 15) is 20.1 Å². The standard InChI is InChI=1S/C29H44O5/c1-6-9-21(2)12-8-19-29(5,34)27(31)18-14-23(4)11-7-10-22(3)13-15-24-20-25(28(32)33)16-17-26(24)30/h9,11,13,16-17,20,27,30-31,34H,6-8,10,12,14-15,18-19H2,1-5H3,(H,32,33). The molecule has 0 aliphatic rings. The number of carboxylic acids is 1. The van der Waals surface area contributed by atoms with Gasteiger partial charge in [0.05, 0.1) is 17.3 Å². The van der Waals surface area contributed by atoms with Crippen molar-refractivity contribution in [3.05, 3.63) is 64.3 Å². The lowest BCUT2D eigenvalue weighted by Gasteiger charge is -2.29. The number of hydrogen-bond acceptors (Lipinski definition) is 4. The van der Waals surface area contributed by atoms with Crippen LogP contribution in [0.3, 0.4) is 0 Å². The summed E-state index contributed by atoms with van der Waals surface area (Å²) in [6, 6.07) is 4.33. The van der Waals surface area contributed by atoms with Crippen LogP contribution in [-0.2, 0) is 6.42 Å². The van der Waals surface area contributed by atoms with Gasteiger partial charge in [0.25, 0.3) is 0 Å². The molecule has 0 radical (unpaired) electrons. The van der Waals surface area contributed by atoms with Crippen LogP contribution >= 0.6 is 0 Å². The molecule has 0 saturated heterocycles. The summed E-state index contributed by atoms with van der Waals surface area (Å²) in [6.07, 6.45) is 12.6. The van der Waals surface area contributed by atoms with Gasteiger partial charge in [-0.25, -0.2) is 4.79 Å². The minimum atomic E-state index is -1.07. The molecule has 190 valence electrons. The maximum atomic E-state index is 11.1. The Bertz CT molecular complexity index is 877. The molecule has 1 aromatic rings. The van der Waals surface area contributed by atoms with Crippen molar-refractivity contribution in [3.63, 3.8) is 0 Å². The molecule has 0 amide bonds. The van der Waals surface area contributed by atoms with E-state index in [0.29, 0.717) is 24.8 Å². The van der Waals surface area contributed by atoms with Crippen molar-refractivity contribution in [3.8, 4) is 5.75 Å². The molecule has 2 atom stereocenters. The van der Waals surface area contributed by atoms with E-state index in [2.05, 4.69) is 32.9 Å². The third kappa shape index (κ3) is 11.2. The van der Waals surface area contributed by atoms with Crippen LogP contribution in [-0.4, -0.2) is 38.1 Å². The lowest BCUT2D eigenvalue weighted by atomic mass is 9.88. The number of carbonyl (C=O) groups is 1. The van der Waals surface area contributed by atoms with E-state index in [1.165, 1.54) is 34.9 Å². The van der Waals surface area contributed by atoms with Gasteiger partial charge in [0, 0.05) is 0 Å². The van der Waals surface area contributed by atoms with Crippen molar-refractivity contribution in [2.24, 2.45) is 0 Å². The van der Waals surface area contributed by atoms with Crippen molar-refractivity contribution in [1.29, 1.82) is 0 Å². The number of phenols is 1. The Kier molecular flexibility index (Phi) is 12.9. The van der Waals surface area contributed by atoms with Gasteiger partial charge in [0.15, 0.2) is 0 Å². The summed E-state index contributed by atoms with van der Waals surface area (Å²) in [4.78, 5) is 11.1. The molecule has 1 rings (SSSR count). The molecule has 0 saturated carbocycles. The highest BCUT2D eigenvalue weighted by Crippen LogP contribution is 2.25. The molecule has 34 heavy (non-hydrogen) atoms. The zero-order valence-electron chi connectivity index (χ0n) is 21.6. The molecule has 0 bridgehead atoms. The van der Waals surface area contributed by atoms with Crippen LogP contribution in [0, 0.1) is 0 Å². The predicted octanol–water partition coefficient (Wildman–Crippen LogP) is 6.72. The van der Waals surface area contributed by atoms with Crippen LogP contribution in [0.2, 0.25) is 0 Å². The van der Waals surface area contributed by atoms with Gasteiger partial charge in [-0.15, -0.1) is 0 Å². The molecule has 1 aromatic carbocycles. The van der Waals surface area contributed by atoms with Gasteiger partial charge in [0.2, 0.25) is 0 Å². The molecule has 0 fully saturated rings. The Balaban J connectivity index is 2.46. The first kappa shape index (κ1) is 29.7. The van der Waals surface area contributed by atoms with E-state index in [1.807, 2.05) is 13.0 Å². The van der Waals surface area contributed by atoms with E-state index in [-0.39, 0.29) is 11.3 Å². The summed E-state index contributed by atoms with van der Waals surface area (Å²) >= 11 is 0. The van der Waals surface area contributed by atoms with Gasteiger partial charge in [-0.1, -0.05) is 41.9 Å². The summed E-state index contributed by atoms with van der Waals surface area (Å²) in [5, 5.41) is 40.2. The number of aromatic hydroxyl groups is 1. The molecule has 5 heteroatoms. The number of allylic oxidation sites excluding steroid dienone is 6. The number of aromatic carboxylic acids is 1. The van der Waals surface area contributed by atoms with Crippen LogP contribution in [0.25, 0.3) is 0 Å². The fourth-order valence-corrected chi connectivity index (χ4v) is 3.93. The molecule has 0 aliphatic carbocycles. The molecule has 5 nitrogen and oxygen atoms in total. The quantitative estimate of drug-likeness (QED) is 0.212. The minimum Gasteiger partial charge on any atom is -0.508 e. The third-order valence-electron chi connectivity index (χ3n) is 6.36. The monoisotopic (exact) mass is 472 g/mol. The van der Waals surface area contributed by atoms with Crippen LogP contribution in [0.1, 0.15) is 102 Å². The number of aliphatic hydroxyl groups is 2. The molecule has 0 aromatic heterocycles. The first-order valence-corrected chi connectivity index (χ1v) is 12.4. The molecular weight excluding hydrogens is 428 g/mol. The van der Waals surface area contributed by atoms with E-state index in [1.54, 1.807) is 6.92 Å². The number of carboxylic acid groups (broad SMARTS) is 1. The van der Waals surface area contributed by atoms with Crippen LogP contribution in [0.15, 0.2) is 53.1 Å². The normalized spacial score (nSPS) is 15.8. The Hall–Kier alpha value is -2.37. The summed E-state index contributed by atoms with van der Waals surface area (Å²) in [5.74, 6) is -0.903. The van der Waals surface area contributed by atoms with E-state index in [0.717, 1.165) is 38.5 Å². The SMILES string of the molecule is CCC=C(C)CCCC(C)(O)C(O)CCC(C)=CCCC(C)=CCc1cc(C(=O)O)ccc1O. The number of aliphatic hydroxyl groups excluding tert-OH is 1. The highest BCUT2D eigenvalue weighted by atomic mass is 16.4. The zero-order chi connectivity index (χ0) is 25.7. The highest BCUT2D eigenvalue weighted by Gasteiger charge is 2.29. The summed E-state index contributed by atoms with van der Waals surface area (Å²) in [5.41, 5.74) is 3.39. The second-order valence-electron chi connectivity index (χ2n) is 9.72. The van der Waals surface area contributed by atoms with Crippen molar-refractivity contribution in [2.45, 2.75) is 104 Å². The van der Waals surface area contributed by atoms with Crippen molar-refractivity contribution >= 4 is 5.97 Å². The Morgan fingerprint density at radius 2 is 1.68 bits per heavy atom. The third-order valence-corrected chi connectivity index (χ3v) is 6.36. The predicted molar refractivity (Wildman–Crippen MR) is 139 cm³/mol. The van der Waals surface area contributed by atoms with Crippen molar-refractivity contribution in [1.82, 2.24) is 0 Å². The summed E-state index contributed by atoms with van der Waals surface area (Å²) < 4.78 is 0. The van der Waals surface area contributed by atoms with Crippen molar-refractivity contribution in [2.75, 3.05) is 0 Å². The van der Waals surface area contributed by atoms with Gasteiger partial charge in [-0.2, -0.15) is 0 Å². The highest BCUT2D eigenvalue weighted by molar-refractivity contribution is 5.88. The van der Waals surface area contributed by atoms with Crippen LogP contribution in [0.4, 0.5) is 0 Å². The molecule has 0 spiro atoms. The maximum absolute atomic E-state index is 11.1. The lowest BCUT2D eigenvalue weighted by Crippen LogP contribution is -2.39. The Labute approximate surface area is 205 Å². The minimum absolute atomic E-state index is 0.104. The molecule has 2 unspecified atom stereocenters. The molecule has 0 aliphatic heterocycles.